The molecule has 2 aromatic heterocycles. The predicted octanol–water partition coefficient (Wildman–Crippen LogP) is 6.59. The van der Waals surface area contributed by atoms with Crippen molar-refractivity contribution >= 4 is 107 Å². The summed E-state index contributed by atoms with van der Waals surface area (Å²) < 4.78 is 26.7. The van der Waals surface area contributed by atoms with Gasteiger partial charge in [-0.25, -0.2) is 28.8 Å². The number of nitrogens with two attached hydrogens (primary N) is 3. The van der Waals surface area contributed by atoms with Gasteiger partial charge in [0.05, 0.1) is 30.7 Å². The summed E-state index contributed by atoms with van der Waals surface area (Å²) in [6.45, 7) is 38.1. The van der Waals surface area contributed by atoms with E-state index in [9.17, 15) is 86.3 Å². The Kier molecular flexibility index (Phi) is 32.6. The second-order valence-corrected chi connectivity index (χ2v) is 46.0. The van der Waals surface area contributed by atoms with Crippen molar-refractivity contribution in [3.63, 3.8) is 0 Å². The van der Waals surface area contributed by atoms with Crippen molar-refractivity contribution in [2.75, 3.05) is 19.6 Å². The molecule has 7 saturated carbocycles. The van der Waals surface area contributed by atoms with Crippen LogP contribution in [0.3, 0.4) is 0 Å². The molecule has 0 bridgehead atoms. The first-order valence-corrected chi connectivity index (χ1v) is 48.4. The van der Waals surface area contributed by atoms with Gasteiger partial charge in [0.15, 0.2) is 0 Å². The van der Waals surface area contributed by atoms with E-state index < -0.39 is 201 Å². The van der Waals surface area contributed by atoms with E-state index in [-0.39, 0.29) is 101 Å². The van der Waals surface area contributed by atoms with Gasteiger partial charge in [-0.05, 0) is 165 Å². The van der Waals surface area contributed by atoms with Crippen molar-refractivity contribution in [3.8, 4) is 0 Å². The molecule has 3 aromatic rings. The molecule has 3 aliphatic heterocycles. The second-order valence-electron chi connectivity index (χ2n) is 46.0. The van der Waals surface area contributed by atoms with Gasteiger partial charge in [-0.3, -0.25) is 57.5 Å². The fourth-order valence-electron chi connectivity index (χ4n) is 20.2. The van der Waals surface area contributed by atoms with Gasteiger partial charge in [0.2, 0.25) is 52.8 Å². The number of nitrogens with one attached hydrogen (secondary N) is 9. The molecule has 15 N–H and O–H groups in total. The number of carbonyl (C=O) groups excluding carboxylic acids is 18. The summed E-state index contributed by atoms with van der Waals surface area (Å²) in [5.41, 5.74) is 13.1. The van der Waals surface area contributed by atoms with Crippen LogP contribution in [0.4, 0.5) is 14.4 Å². The Morgan fingerprint density at radius 1 is 0.384 bits per heavy atom. The van der Waals surface area contributed by atoms with Crippen LogP contribution in [0.15, 0.2) is 76.0 Å². The average molecular weight is 1930 g/mol. The number of Topliss-reactive ketones (excluding diaryl/α,β-unsaturated/α-hetero) is 3. The second kappa shape index (κ2) is 42.1. The van der Waals surface area contributed by atoms with Gasteiger partial charge in [0.1, 0.15) is 85.7 Å². The fraction of sp³-hybridized carbons (Fsp3) is 0.680. The van der Waals surface area contributed by atoms with Crippen LogP contribution in [0.25, 0.3) is 0 Å². The molecule has 38 nitrogen and oxygen atoms in total. The maximum atomic E-state index is 14.3. The number of likely N-dealkylation sites (tertiary alicyclic amines) is 3. The first-order valence-electron chi connectivity index (χ1n) is 48.4. The molecule has 3 unspecified atom stereocenters. The number of amides is 15. The maximum absolute atomic E-state index is 14.3. The molecule has 7 aliphatic carbocycles. The minimum Gasteiger partial charge on any atom is -0.466 e. The van der Waals surface area contributed by atoms with E-state index in [4.69, 9.17) is 40.2 Å². The summed E-state index contributed by atoms with van der Waals surface area (Å²) in [5.74, 6) is -9.70. The zero-order chi connectivity index (χ0) is 102. The molecular formula is C100H145N15O23. The van der Waals surface area contributed by atoms with Crippen molar-refractivity contribution < 1.29 is 109 Å². The van der Waals surface area contributed by atoms with Gasteiger partial charge < -0.3 is 103 Å². The minimum absolute atomic E-state index is 0.0442. The lowest BCUT2D eigenvalue weighted by atomic mass is 9.80. The molecule has 10 fully saturated rings. The smallest absolute Gasteiger partial charge is 0.329 e. The number of benzene rings is 1. The number of hydrogen-bond acceptors (Lipinski definition) is 23. The fourth-order valence-corrected chi connectivity index (χ4v) is 20.2. The summed E-state index contributed by atoms with van der Waals surface area (Å²) in [4.78, 5) is 241. The summed E-state index contributed by atoms with van der Waals surface area (Å²) >= 11 is 0. The number of ether oxygens (including phenoxy) is 3. The molecule has 5 heterocycles. The Hall–Kier alpha value is -11.8. The minimum atomic E-state index is -1.11. The normalized spacial score (nSPS) is 24.1. The number of nitrogens with zero attached hydrogens (tertiary/aromatic N) is 3. The molecule has 18 atom stereocenters. The van der Waals surface area contributed by atoms with Crippen molar-refractivity contribution in [3.05, 3.63) is 84.2 Å². The Balaban J connectivity index is 0.000000198. The van der Waals surface area contributed by atoms with Crippen LogP contribution >= 0.6 is 0 Å². The van der Waals surface area contributed by atoms with E-state index in [1.54, 1.807) is 100 Å². The molecule has 0 radical (unpaired) electrons. The van der Waals surface area contributed by atoms with Crippen LogP contribution in [0, 0.1) is 103 Å². The van der Waals surface area contributed by atoms with Gasteiger partial charge in [-0.2, -0.15) is 0 Å². The number of furan rings is 2. The van der Waals surface area contributed by atoms with Crippen LogP contribution in [-0.4, -0.2) is 213 Å². The van der Waals surface area contributed by atoms with Gasteiger partial charge in [-0.15, -0.1) is 0 Å². The molecule has 1 aromatic carbocycles. The van der Waals surface area contributed by atoms with Crippen molar-refractivity contribution in [1.82, 2.24) is 62.6 Å². The van der Waals surface area contributed by atoms with E-state index >= 15 is 0 Å². The number of esters is 3. The van der Waals surface area contributed by atoms with Gasteiger partial charge in [-0.1, -0.05) is 214 Å². The third kappa shape index (κ3) is 25.8. The number of rotatable bonds is 38. The number of hydrogen-bond donors (Lipinski definition) is 12. The highest BCUT2D eigenvalue weighted by Crippen LogP contribution is 2.67. The number of fused-ring (bicyclic) bond motifs is 3. The van der Waals surface area contributed by atoms with Gasteiger partial charge >= 0.3 is 36.0 Å². The van der Waals surface area contributed by atoms with Crippen LogP contribution in [-0.2, 0) is 106 Å². The monoisotopic (exact) mass is 1920 g/mol. The highest BCUT2D eigenvalue weighted by molar-refractivity contribution is 6.39. The molecule has 38 heteroatoms. The standard InChI is InChI=1S/C34H51N5O8.C34H47N5O7.C32H47N5O8/c1-32(2,3)25(37-31(45)38-26(33(4,5)6)30(44)47-17-19-13-10-14-46-19)29(43)39-16-20-22(34(20,7)8)23(39)28(42)36-21(24(40)27(35)41)15-18-11-9-12-18;1-33(2,3)27(38-32(45)37-24(20-13-14-20)31(44)46-17-19-9-7-6-8-10-19)30(43)39-16-21-23(34(21,4)5)25(39)29(42)36-22(15-18-11-12-18)26(40)28(35)41;1-16(2)22(29(42)45-15-18-9-8-12-44-18)35-30(43)36-25(31(3,4)5)28(41)37-14-19-21(32(19,6)7)23(37)27(40)34-20(13-17-10-11-17)24(38)26(33)39/h10,13-14,18,20-23,25-26H,9,11-12,15-17H2,1-8H3,(H2,35,41)(H,36,42)(H2,37,38,45);6-10,18,20-25,27H,11-17H2,1-5H3,(H2,35,41)(H,36,42)(H2,37,38,45);8-9,12,16-17,19-23,25H,10-11,13-15H2,1-7H3,(H2,33,39)(H,34,40)(H2,35,36,43)/t20-,21?,22-,23-,25+,26+;21-,22?,23-,24-,25-,27+;19-,20?,21-,22-,23-,25+/m000/s1. The Morgan fingerprint density at radius 3 is 1.00 bits per heavy atom. The third-order valence-corrected chi connectivity index (χ3v) is 29.7. The van der Waals surface area contributed by atoms with Crippen molar-refractivity contribution in [2.45, 2.75) is 308 Å². The number of ketones is 3. The quantitative estimate of drug-likeness (QED) is 0.0163. The molecule has 10 aliphatic rings. The molecule has 13 rings (SSSR count). The average Bonchev–Trinajstić information content (AvgIpc) is 1.53. The lowest BCUT2D eigenvalue weighted by molar-refractivity contribution is -0.151. The first kappa shape index (κ1) is 107. The molecular weight excluding hydrogens is 1780 g/mol. The van der Waals surface area contributed by atoms with Crippen LogP contribution in [0.5, 0.6) is 0 Å². The summed E-state index contributed by atoms with van der Waals surface area (Å²) in [6.07, 6.45) is 11.9. The van der Waals surface area contributed by atoms with Crippen LogP contribution < -0.4 is 65.1 Å². The Bertz CT molecular complexity index is 5050. The summed E-state index contributed by atoms with van der Waals surface area (Å²) in [5, 5.41) is 24.7. The maximum Gasteiger partial charge on any atom is 0.329 e. The molecule has 0 spiro atoms. The highest BCUT2D eigenvalue weighted by Gasteiger charge is 2.73. The number of urea groups is 3. The van der Waals surface area contributed by atoms with E-state index in [0.29, 0.717) is 50.4 Å². The lowest BCUT2D eigenvalue weighted by Gasteiger charge is -2.38. The highest BCUT2D eigenvalue weighted by atomic mass is 16.6. The number of piperidine rings is 3. The van der Waals surface area contributed by atoms with Crippen molar-refractivity contribution in [2.24, 2.45) is 120 Å². The Morgan fingerprint density at radius 2 is 0.703 bits per heavy atom. The van der Waals surface area contributed by atoms with E-state index in [0.717, 1.165) is 63.4 Å². The largest absolute Gasteiger partial charge is 0.466 e. The third-order valence-electron chi connectivity index (χ3n) is 29.7. The molecule has 15 amide bonds. The summed E-state index contributed by atoms with van der Waals surface area (Å²) in [7, 11) is 0. The lowest BCUT2D eigenvalue weighted by Crippen LogP contribution is -2.62. The topological polar surface area (TPSA) is 557 Å². The SMILES string of the molecule is CC(C)(C)[C@H](NC(=O)N[C@H](C(=O)N1C[C@H]2[C@@H]([C@H]1C(=O)NC(CC1CCC1)C(=O)C(N)=O)C2(C)C)C(C)(C)C)C(=O)OCc1ccco1.CC(C)(C)[C@H](NC(=O)N[C@H](C(=O)OCc1ccccc1)C1CC1)C(=O)N1C[C@H]2[C@@H]([C@H]1C(=O)NC(CC1CC1)C(=O)C(N)=O)C2(C)C.CC(C)[C@H](NC(=O)N[C@H](C(=O)N1C[C@H]2[C@@H]([C@H]1C(=O)NC(CC1CC1)C(=O)C(N)=O)C2(C)C)C(C)(C)C)C(=O)OCc1ccco1. The van der Waals surface area contributed by atoms with Crippen LogP contribution in [0.1, 0.15) is 233 Å². The molecule has 138 heavy (non-hydrogen) atoms. The number of carbonyl (C=O) groups is 18. The Labute approximate surface area is 806 Å². The molecule has 3 saturated heterocycles. The summed E-state index contributed by atoms with van der Waals surface area (Å²) in [6, 6.07) is 1.88. The van der Waals surface area contributed by atoms with E-state index in [1.165, 1.54) is 27.2 Å². The zero-order valence-electron chi connectivity index (χ0n) is 83.3. The van der Waals surface area contributed by atoms with Crippen LogP contribution in [0.2, 0.25) is 0 Å². The predicted molar refractivity (Wildman–Crippen MR) is 500 cm³/mol. The van der Waals surface area contributed by atoms with Gasteiger partial charge in [0.25, 0.3) is 17.7 Å². The zero-order valence-corrected chi connectivity index (χ0v) is 83.3. The van der Waals surface area contributed by atoms with Gasteiger partial charge in [0, 0.05) is 19.6 Å². The van der Waals surface area contributed by atoms with E-state index in [2.05, 4.69) is 47.9 Å². The molecule has 758 valence electrons. The first-order chi connectivity index (χ1) is 64.2. The van der Waals surface area contributed by atoms with Crippen molar-refractivity contribution in [1.29, 1.82) is 0 Å². The number of primary amides is 3. The van der Waals surface area contributed by atoms with E-state index in [1.807, 2.05) is 92.6 Å².